The summed E-state index contributed by atoms with van der Waals surface area (Å²) >= 11 is 3.00. The van der Waals surface area contributed by atoms with Gasteiger partial charge in [0.15, 0.2) is 0 Å². The minimum absolute atomic E-state index is 0.171. The summed E-state index contributed by atoms with van der Waals surface area (Å²) in [5.74, 6) is 0. The number of alkyl halides is 1. The lowest BCUT2D eigenvalue weighted by atomic mass is 9.73. The van der Waals surface area contributed by atoms with Gasteiger partial charge in [0.1, 0.15) is 11.2 Å². The van der Waals surface area contributed by atoms with Gasteiger partial charge in [0.05, 0.1) is 19.3 Å². The Labute approximate surface area is 236 Å². The molecule has 4 rings (SSSR count). The molecule has 12 heteroatoms. The number of carbonyl (C=O) groups excluding carboxylic acids is 2. The van der Waals surface area contributed by atoms with Gasteiger partial charge < -0.3 is 34.8 Å². The topological polar surface area (TPSA) is 139 Å². The highest BCUT2D eigenvalue weighted by molar-refractivity contribution is 9.09. The van der Waals surface area contributed by atoms with Gasteiger partial charge in [-0.1, -0.05) is 15.9 Å². The fourth-order valence-electron chi connectivity index (χ4n) is 4.54. The molecule has 2 amide bonds. The molecular formula is C26H48BrN5O6. The van der Waals surface area contributed by atoms with Crippen molar-refractivity contribution in [2.75, 3.05) is 77.4 Å². The number of nitriles is 1. The van der Waals surface area contributed by atoms with Crippen molar-refractivity contribution in [1.29, 1.82) is 5.26 Å². The zero-order valence-electron chi connectivity index (χ0n) is 24.2. The van der Waals surface area contributed by atoms with Crippen LogP contribution in [-0.4, -0.2) is 126 Å². The Kier molecular flexibility index (Phi) is 13.3. The second kappa shape index (κ2) is 14.7. The third-order valence-electron chi connectivity index (χ3n) is 6.03. The molecule has 0 aromatic carbocycles. The maximum Gasteiger partial charge on any atom is 0.410 e. The van der Waals surface area contributed by atoms with Crippen LogP contribution < -0.4 is 5.32 Å². The molecule has 0 aromatic rings. The van der Waals surface area contributed by atoms with Crippen LogP contribution in [0.5, 0.6) is 0 Å². The summed E-state index contributed by atoms with van der Waals surface area (Å²) in [7, 11) is 0. The number of aliphatic hydroxyl groups is 2. The van der Waals surface area contributed by atoms with E-state index in [2.05, 4.69) is 26.1 Å². The van der Waals surface area contributed by atoms with Crippen molar-refractivity contribution in [1.82, 2.24) is 20.0 Å². The van der Waals surface area contributed by atoms with E-state index in [0.717, 1.165) is 58.9 Å². The first-order valence-corrected chi connectivity index (χ1v) is 14.2. The van der Waals surface area contributed by atoms with Gasteiger partial charge in [0.2, 0.25) is 0 Å². The SMILES string of the molecule is CC#N.CC(C)(C)OC(=O)N1CC2(CN(CCO)C2)C1.CC(C)(C)OC(=O)N1CC2(CNC2)C1.OCCBr. The molecule has 4 aliphatic heterocycles. The predicted molar refractivity (Wildman–Crippen MR) is 149 cm³/mol. The number of likely N-dealkylation sites (tertiary alicyclic amines) is 3. The van der Waals surface area contributed by atoms with E-state index in [9.17, 15) is 9.59 Å². The molecule has 2 spiro atoms. The predicted octanol–water partition coefficient (Wildman–Crippen LogP) is 2.26. The van der Waals surface area contributed by atoms with E-state index >= 15 is 0 Å². The Bertz CT molecular complexity index is 779. The molecule has 0 atom stereocenters. The largest absolute Gasteiger partial charge is 0.444 e. The molecule has 4 aliphatic rings. The summed E-state index contributed by atoms with van der Waals surface area (Å²) in [5, 5.41) is 27.9. The standard InChI is InChI=1S/C12H22N2O3.C10H18N2O2.C2H5BrO.C2H3N/c1-11(2,3)17-10(16)14-8-12(9-14)6-13(7-12)4-5-15;1-9(2,3)14-8(13)12-6-10(7-12)4-11-5-10;3-1-2-4;1-2-3/h15H,4-9H2,1-3H3;11H,4-7H2,1-3H3;4H,1-2H2;1H3. The van der Waals surface area contributed by atoms with Gasteiger partial charge in [-0.25, -0.2) is 9.59 Å². The number of nitrogens with zero attached hydrogens (tertiary/aromatic N) is 4. The zero-order valence-corrected chi connectivity index (χ0v) is 25.8. The van der Waals surface area contributed by atoms with Gasteiger partial charge in [-0.3, -0.25) is 4.90 Å². The van der Waals surface area contributed by atoms with Crippen LogP contribution in [0, 0.1) is 22.2 Å². The smallest absolute Gasteiger partial charge is 0.410 e. The van der Waals surface area contributed by atoms with Crippen LogP contribution in [0.1, 0.15) is 48.5 Å². The Morgan fingerprint density at radius 1 is 0.868 bits per heavy atom. The third-order valence-corrected chi connectivity index (χ3v) is 6.38. The normalized spacial score (nSPS) is 20.2. The number of carbonyl (C=O) groups is 2. The molecule has 3 N–H and O–H groups in total. The van der Waals surface area contributed by atoms with Crippen molar-refractivity contribution >= 4 is 28.1 Å². The molecule has 4 fully saturated rings. The van der Waals surface area contributed by atoms with Crippen LogP contribution in [-0.2, 0) is 9.47 Å². The molecule has 0 saturated carbocycles. The number of β-amino-alcohol motifs (C(OH)–C–C–N with tert-alkyl or cyclic N) is 1. The average molecular weight is 607 g/mol. The molecule has 0 aromatic heterocycles. The summed E-state index contributed by atoms with van der Waals surface area (Å²) in [6.07, 6.45) is -0.376. The maximum atomic E-state index is 11.7. The van der Waals surface area contributed by atoms with Gasteiger partial charge in [-0.15, -0.1) is 0 Å². The molecule has 4 heterocycles. The van der Waals surface area contributed by atoms with Crippen LogP contribution >= 0.6 is 15.9 Å². The zero-order chi connectivity index (χ0) is 29.2. The van der Waals surface area contributed by atoms with E-state index in [-0.39, 0.29) is 36.4 Å². The number of hydrogen-bond donors (Lipinski definition) is 3. The van der Waals surface area contributed by atoms with E-state index < -0.39 is 5.60 Å². The van der Waals surface area contributed by atoms with Crippen molar-refractivity contribution in [3.8, 4) is 6.07 Å². The van der Waals surface area contributed by atoms with Gasteiger partial charge in [0.25, 0.3) is 0 Å². The molecule has 4 saturated heterocycles. The molecule has 0 aliphatic carbocycles. The molecule has 0 radical (unpaired) electrons. The van der Waals surface area contributed by atoms with Gasteiger partial charge in [-0.2, -0.15) is 5.26 Å². The van der Waals surface area contributed by atoms with Crippen LogP contribution in [0.4, 0.5) is 9.59 Å². The highest BCUT2D eigenvalue weighted by atomic mass is 79.9. The van der Waals surface area contributed by atoms with Crippen molar-refractivity contribution in [3.05, 3.63) is 0 Å². The highest BCUT2D eigenvalue weighted by Gasteiger charge is 2.53. The summed E-state index contributed by atoms with van der Waals surface area (Å²) in [6.45, 7) is 21.3. The molecular weight excluding hydrogens is 558 g/mol. The molecule has 0 unspecified atom stereocenters. The minimum atomic E-state index is -0.414. The highest BCUT2D eigenvalue weighted by Crippen LogP contribution is 2.40. The van der Waals surface area contributed by atoms with Gasteiger partial charge >= 0.3 is 12.2 Å². The number of aliphatic hydroxyl groups excluding tert-OH is 2. The molecule has 11 nitrogen and oxygen atoms in total. The van der Waals surface area contributed by atoms with E-state index in [1.165, 1.54) is 6.92 Å². The van der Waals surface area contributed by atoms with Crippen LogP contribution in [0.3, 0.4) is 0 Å². The van der Waals surface area contributed by atoms with Crippen LogP contribution in [0.2, 0.25) is 0 Å². The monoisotopic (exact) mass is 605 g/mol. The fraction of sp³-hybridized carbons (Fsp3) is 0.885. The Morgan fingerprint density at radius 2 is 1.24 bits per heavy atom. The molecule has 0 bridgehead atoms. The minimum Gasteiger partial charge on any atom is -0.444 e. The lowest BCUT2D eigenvalue weighted by Crippen LogP contribution is -2.73. The number of nitrogens with one attached hydrogen (secondary N) is 1. The fourth-order valence-corrected chi connectivity index (χ4v) is 4.54. The third kappa shape index (κ3) is 11.2. The lowest BCUT2D eigenvalue weighted by Gasteiger charge is -2.59. The lowest BCUT2D eigenvalue weighted by molar-refractivity contribution is -0.115. The summed E-state index contributed by atoms with van der Waals surface area (Å²) < 4.78 is 10.6. The molecule has 220 valence electrons. The summed E-state index contributed by atoms with van der Waals surface area (Å²) in [6, 6.07) is 1.75. The quantitative estimate of drug-likeness (QED) is 0.413. The Morgan fingerprint density at radius 3 is 1.50 bits per heavy atom. The van der Waals surface area contributed by atoms with Crippen molar-refractivity contribution in [2.45, 2.75) is 59.7 Å². The van der Waals surface area contributed by atoms with Crippen LogP contribution in [0.25, 0.3) is 0 Å². The number of rotatable bonds is 3. The van der Waals surface area contributed by atoms with Gasteiger partial charge in [0, 0.05) is 82.0 Å². The van der Waals surface area contributed by atoms with E-state index in [1.54, 1.807) is 15.9 Å². The van der Waals surface area contributed by atoms with E-state index in [1.807, 2.05) is 41.5 Å². The van der Waals surface area contributed by atoms with E-state index in [4.69, 9.17) is 24.9 Å². The van der Waals surface area contributed by atoms with Crippen molar-refractivity contribution in [3.63, 3.8) is 0 Å². The maximum absolute atomic E-state index is 11.7. The van der Waals surface area contributed by atoms with Crippen molar-refractivity contribution < 1.29 is 29.3 Å². The number of hydrogen-bond acceptors (Lipinski definition) is 9. The van der Waals surface area contributed by atoms with Crippen molar-refractivity contribution in [2.24, 2.45) is 10.8 Å². The average Bonchev–Trinajstić information content (AvgIpc) is 2.65. The Balaban J connectivity index is 0.000000309. The first-order valence-electron chi connectivity index (χ1n) is 13.0. The number of ether oxygens (including phenoxy) is 2. The number of halogens is 1. The Hall–Kier alpha value is -1.65. The number of amides is 2. The first kappa shape index (κ1) is 34.4. The second-order valence-electron chi connectivity index (χ2n) is 12.3. The van der Waals surface area contributed by atoms with E-state index in [0.29, 0.717) is 10.7 Å². The first-order chi connectivity index (χ1) is 17.6. The second-order valence-corrected chi connectivity index (χ2v) is 13.1. The molecule has 38 heavy (non-hydrogen) atoms. The van der Waals surface area contributed by atoms with Crippen LogP contribution in [0.15, 0.2) is 0 Å². The summed E-state index contributed by atoms with van der Waals surface area (Å²) in [4.78, 5) is 29.0. The summed E-state index contributed by atoms with van der Waals surface area (Å²) in [5.41, 5.74) is -0.122. The van der Waals surface area contributed by atoms with Gasteiger partial charge in [-0.05, 0) is 41.5 Å².